The third-order valence-corrected chi connectivity index (χ3v) is 6.54. The fourth-order valence-corrected chi connectivity index (χ4v) is 4.98. The smallest absolute Gasteiger partial charge is 0.254 e. The molecule has 1 aromatic rings. The second-order valence-electron chi connectivity index (χ2n) is 4.85. The van der Waals surface area contributed by atoms with Gasteiger partial charge in [0.2, 0.25) is 0 Å². The number of aromatic nitrogens is 1. The van der Waals surface area contributed by atoms with Gasteiger partial charge in [-0.15, -0.1) is 11.3 Å². The van der Waals surface area contributed by atoms with Gasteiger partial charge in [-0.25, -0.2) is 13.4 Å². The minimum atomic E-state index is -3.47. The van der Waals surface area contributed by atoms with E-state index >= 15 is 0 Å². The summed E-state index contributed by atoms with van der Waals surface area (Å²) in [6.45, 7) is 4.02. The first-order valence-electron chi connectivity index (χ1n) is 6.69. The average Bonchev–Trinajstić information content (AvgIpc) is 3.05. The van der Waals surface area contributed by atoms with Gasteiger partial charge in [0.25, 0.3) is 10.0 Å². The lowest BCUT2D eigenvalue weighted by Crippen LogP contribution is -2.42. The Hall–Kier alpha value is -0.540. The lowest BCUT2D eigenvalue weighted by Gasteiger charge is -2.24. The molecule has 2 rings (SSSR count). The van der Waals surface area contributed by atoms with Crippen molar-refractivity contribution in [2.24, 2.45) is 0 Å². The molecule has 8 heteroatoms. The van der Waals surface area contributed by atoms with Crippen molar-refractivity contribution in [3.05, 3.63) is 11.2 Å². The van der Waals surface area contributed by atoms with Gasteiger partial charge in [-0.05, 0) is 26.3 Å². The summed E-state index contributed by atoms with van der Waals surface area (Å²) in [6, 6.07) is 0.232. The Balaban J connectivity index is 2.15. The van der Waals surface area contributed by atoms with E-state index in [9.17, 15) is 8.42 Å². The average molecular weight is 319 g/mol. The highest BCUT2D eigenvalue weighted by molar-refractivity contribution is 7.91. The van der Waals surface area contributed by atoms with E-state index in [0.717, 1.165) is 24.4 Å². The molecule has 1 saturated heterocycles. The summed E-state index contributed by atoms with van der Waals surface area (Å²) in [5, 5.41) is 4.09. The maximum Gasteiger partial charge on any atom is 0.254 e. The van der Waals surface area contributed by atoms with E-state index in [0.29, 0.717) is 23.9 Å². The van der Waals surface area contributed by atoms with E-state index < -0.39 is 10.0 Å². The SMILES string of the molecule is COCCN(CC1CCCN1)S(=O)(=O)c1cnc(C)s1. The molecule has 2 heterocycles. The number of rotatable bonds is 7. The molecule has 0 aliphatic carbocycles. The van der Waals surface area contributed by atoms with Crippen molar-refractivity contribution in [1.82, 2.24) is 14.6 Å². The third-order valence-electron chi connectivity index (χ3n) is 3.33. The lowest BCUT2D eigenvalue weighted by molar-refractivity contribution is 0.176. The lowest BCUT2D eigenvalue weighted by atomic mass is 10.2. The Morgan fingerprint density at radius 1 is 1.60 bits per heavy atom. The van der Waals surface area contributed by atoms with E-state index in [2.05, 4.69) is 10.3 Å². The Labute approximate surface area is 124 Å². The number of thiazole rings is 1. The van der Waals surface area contributed by atoms with E-state index in [-0.39, 0.29) is 6.04 Å². The molecule has 1 aromatic heterocycles. The van der Waals surface area contributed by atoms with Crippen molar-refractivity contribution >= 4 is 21.4 Å². The van der Waals surface area contributed by atoms with Crippen LogP contribution in [0.25, 0.3) is 0 Å². The molecule has 0 saturated carbocycles. The van der Waals surface area contributed by atoms with E-state index in [1.807, 2.05) is 6.92 Å². The van der Waals surface area contributed by atoms with Crippen LogP contribution in [0.4, 0.5) is 0 Å². The molecule has 1 unspecified atom stereocenters. The van der Waals surface area contributed by atoms with Gasteiger partial charge in [-0.3, -0.25) is 0 Å². The first-order chi connectivity index (χ1) is 9.54. The van der Waals surface area contributed by atoms with Crippen molar-refractivity contribution < 1.29 is 13.2 Å². The van der Waals surface area contributed by atoms with Crippen LogP contribution in [0.3, 0.4) is 0 Å². The molecular formula is C12H21N3O3S2. The summed E-state index contributed by atoms with van der Waals surface area (Å²) in [6.07, 6.45) is 3.56. The van der Waals surface area contributed by atoms with Crippen molar-refractivity contribution in [1.29, 1.82) is 0 Å². The van der Waals surface area contributed by atoms with Crippen molar-refractivity contribution in [3.63, 3.8) is 0 Å². The molecule has 0 amide bonds. The van der Waals surface area contributed by atoms with Gasteiger partial charge < -0.3 is 10.1 Å². The van der Waals surface area contributed by atoms with Crippen LogP contribution in [0.1, 0.15) is 17.8 Å². The summed E-state index contributed by atoms with van der Waals surface area (Å²) >= 11 is 1.21. The Bertz CT molecular complexity index is 524. The summed E-state index contributed by atoms with van der Waals surface area (Å²) in [7, 11) is -1.89. The second-order valence-corrected chi connectivity index (χ2v) is 8.25. The fourth-order valence-electron chi connectivity index (χ4n) is 2.25. The maximum atomic E-state index is 12.7. The first kappa shape index (κ1) is 15.8. The number of nitrogens with zero attached hydrogens (tertiary/aromatic N) is 2. The number of sulfonamides is 1. The van der Waals surface area contributed by atoms with Crippen LogP contribution in [0.2, 0.25) is 0 Å². The number of hydrogen-bond donors (Lipinski definition) is 1. The number of aryl methyl sites for hydroxylation is 1. The molecule has 20 heavy (non-hydrogen) atoms. The summed E-state index contributed by atoms with van der Waals surface area (Å²) in [5.41, 5.74) is 0. The van der Waals surface area contributed by atoms with E-state index in [4.69, 9.17) is 4.74 Å². The van der Waals surface area contributed by atoms with Gasteiger partial charge in [-0.2, -0.15) is 4.31 Å². The topological polar surface area (TPSA) is 71.5 Å². The Kier molecular flexibility index (Phi) is 5.50. The highest BCUT2D eigenvalue weighted by atomic mass is 32.2. The summed E-state index contributed by atoms with van der Waals surface area (Å²) < 4.78 is 32.2. The van der Waals surface area contributed by atoms with Crippen LogP contribution in [0, 0.1) is 6.92 Å². The molecule has 1 aliphatic heterocycles. The van der Waals surface area contributed by atoms with E-state index in [1.165, 1.54) is 21.8 Å². The molecule has 0 spiro atoms. The quantitative estimate of drug-likeness (QED) is 0.806. The molecule has 1 N–H and O–H groups in total. The highest BCUT2D eigenvalue weighted by Crippen LogP contribution is 2.23. The van der Waals surface area contributed by atoms with Gasteiger partial charge in [0.05, 0.1) is 17.8 Å². The van der Waals surface area contributed by atoms with Crippen molar-refractivity contribution in [2.75, 3.05) is 33.4 Å². The van der Waals surface area contributed by atoms with Gasteiger partial charge in [-0.1, -0.05) is 0 Å². The van der Waals surface area contributed by atoms with Crippen LogP contribution in [-0.4, -0.2) is 57.1 Å². The predicted octanol–water partition coefficient (Wildman–Crippen LogP) is 0.841. The van der Waals surface area contributed by atoms with Crippen molar-refractivity contribution in [2.45, 2.75) is 30.0 Å². The van der Waals surface area contributed by atoms with Crippen LogP contribution >= 0.6 is 11.3 Å². The van der Waals surface area contributed by atoms with Crippen LogP contribution in [-0.2, 0) is 14.8 Å². The first-order valence-corrected chi connectivity index (χ1v) is 8.94. The zero-order valence-electron chi connectivity index (χ0n) is 11.8. The minimum absolute atomic E-state index is 0.232. The number of methoxy groups -OCH3 is 1. The largest absolute Gasteiger partial charge is 0.383 e. The number of ether oxygens (including phenoxy) is 1. The van der Waals surface area contributed by atoms with Crippen LogP contribution < -0.4 is 5.32 Å². The highest BCUT2D eigenvalue weighted by Gasteiger charge is 2.29. The fraction of sp³-hybridized carbons (Fsp3) is 0.750. The van der Waals surface area contributed by atoms with Gasteiger partial charge in [0.15, 0.2) is 4.21 Å². The van der Waals surface area contributed by atoms with Gasteiger partial charge in [0, 0.05) is 26.2 Å². The van der Waals surface area contributed by atoms with Gasteiger partial charge in [0.1, 0.15) is 0 Å². The standard InChI is InChI=1S/C12H21N3O3S2/c1-10-14-8-12(19-10)20(16,17)15(6-7-18-2)9-11-4-3-5-13-11/h8,11,13H,3-7,9H2,1-2H3. The molecule has 0 radical (unpaired) electrons. The summed E-state index contributed by atoms with van der Waals surface area (Å²) in [5.74, 6) is 0. The van der Waals surface area contributed by atoms with Crippen molar-refractivity contribution in [3.8, 4) is 0 Å². The molecule has 1 fully saturated rings. The monoisotopic (exact) mass is 319 g/mol. The summed E-state index contributed by atoms with van der Waals surface area (Å²) in [4.78, 5) is 4.04. The molecule has 1 aliphatic rings. The van der Waals surface area contributed by atoms with E-state index in [1.54, 1.807) is 7.11 Å². The molecular weight excluding hydrogens is 298 g/mol. The molecule has 1 atom stereocenters. The molecule has 6 nitrogen and oxygen atoms in total. The normalized spacial score (nSPS) is 19.9. The maximum absolute atomic E-state index is 12.7. The minimum Gasteiger partial charge on any atom is -0.383 e. The molecule has 0 bridgehead atoms. The molecule has 0 aromatic carbocycles. The van der Waals surface area contributed by atoms with Crippen LogP contribution in [0.5, 0.6) is 0 Å². The number of hydrogen-bond acceptors (Lipinski definition) is 6. The predicted molar refractivity (Wildman–Crippen MR) is 78.5 cm³/mol. The number of nitrogens with one attached hydrogen (secondary N) is 1. The third kappa shape index (κ3) is 3.76. The van der Waals surface area contributed by atoms with Gasteiger partial charge >= 0.3 is 0 Å². The van der Waals surface area contributed by atoms with Crippen LogP contribution in [0.15, 0.2) is 10.4 Å². The zero-order valence-corrected chi connectivity index (χ0v) is 13.5. The molecule has 114 valence electrons. The Morgan fingerprint density at radius 2 is 2.40 bits per heavy atom. The second kappa shape index (κ2) is 6.95. The Morgan fingerprint density at radius 3 is 2.95 bits per heavy atom. The zero-order chi connectivity index (χ0) is 14.6.